The van der Waals surface area contributed by atoms with Crippen LogP contribution in [0.3, 0.4) is 0 Å². The summed E-state index contributed by atoms with van der Waals surface area (Å²) in [6, 6.07) is 7.12. The zero-order chi connectivity index (χ0) is 12.7. The Labute approximate surface area is 118 Å². The molecule has 2 aromatic heterocycles. The SMILES string of the molecule is Clc1ccc2c(c1)c(Cl)c(Cl)n2-c1ncccn1. The third-order valence-electron chi connectivity index (χ3n) is 2.57. The molecule has 3 aromatic rings. The highest BCUT2D eigenvalue weighted by atomic mass is 35.5. The van der Waals surface area contributed by atoms with Crippen molar-refractivity contribution in [1.82, 2.24) is 14.5 Å². The monoisotopic (exact) mass is 297 g/mol. The smallest absolute Gasteiger partial charge is 0.235 e. The number of hydrogen-bond acceptors (Lipinski definition) is 2. The Morgan fingerprint density at radius 2 is 1.72 bits per heavy atom. The molecule has 90 valence electrons. The van der Waals surface area contributed by atoms with Gasteiger partial charge in [-0.3, -0.25) is 4.57 Å². The minimum absolute atomic E-state index is 0.375. The average Bonchev–Trinajstić information content (AvgIpc) is 2.64. The number of benzene rings is 1. The van der Waals surface area contributed by atoms with Crippen molar-refractivity contribution in [2.75, 3.05) is 0 Å². The second-order valence-electron chi connectivity index (χ2n) is 3.65. The fourth-order valence-electron chi connectivity index (χ4n) is 1.80. The predicted molar refractivity (Wildman–Crippen MR) is 73.9 cm³/mol. The average molecular weight is 299 g/mol. The van der Waals surface area contributed by atoms with Crippen LogP contribution in [-0.2, 0) is 0 Å². The molecule has 3 nitrogen and oxygen atoms in total. The first-order chi connectivity index (χ1) is 8.68. The van der Waals surface area contributed by atoms with E-state index < -0.39 is 0 Å². The van der Waals surface area contributed by atoms with Crippen LogP contribution in [0.5, 0.6) is 0 Å². The van der Waals surface area contributed by atoms with Gasteiger partial charge in [0.05, 0.1) is 10.5 Å². The number of aromatic nitrogens is 3. The zero-order valence-corrected chi connectivity index (χ0v) is 11.2. The van der Waals surface area contributed by atoms with E-state index in [1.807, 2.05) is 6.07 Å². The molecule has 2 heterocycles. The molecule has 0 aliphatic heterocycles. The van der Waals surface area contributed by atoms with Crippen LogP contribution < -0.4 is 0 Å². The van der Waals surface area contributed by atoms with Crippen LogP contribution in [0.15, 0.2) is 36.7 Å². The van der Waals surface area contributed by atoms with Crippen LogP contribution in [0.25, 0.3) is 16.9 Å². The van der Waals surface area contributed by atoms with Gasteiger partial charge in [-0.2, -0.15) is 0 Å². The Balaban J connectivity index is 2.40. The first-order valence-electron chi connectivity index (χ1n) is 5.11. The minimum Gasteiger partial charge on any atom is -0.267 e. The summed E-state index contributed by atoms with van der Waals surface area (Å²) in [5.41, 5.74) is 0.820. The molecule has 0 bridgehead atoms. The quantitative estimate of drug-likeness (QED) is 0.667. The summed E-state index contributed by atoms with van der Waals surface area (Å²) in [5, 5.41) is 2.20. The first kappa shape index (κ1) is 11.8. The number of rotatable bonds is 1. The molecule has 6 heteroatoms. The van der Waals surface area contributed by atoms with Gasteiger partial charge in [0.1, 0.15) is 5.15 Å². The largest absolute Gasteiger partial charge is 0.267 e. The molecule has 0 spiro atoms. The van der Waals surface area contributed by atoms with Crippen molar-refractivity contribution in [1.29, 1.82) is 0 Å². The number of halogens is 3. The molecule has 0 atom stereocenters. The van der Waals surface area contributed by atoms with E-state index in [2.05, 4.69) is 9.97 Å². The van der Waals surface area contributed by atoms with Crippen LogP contribution in [-0.4, -0.2) is 14.5 Å². The molecule has 1 aromatic carbocycles. The molecular weight excluding hydrogens is 293 g/mol. The van der Waals surface area contributed by atoms with Crippen LogP contribution >= 0.6 is 34.8 Å². The third kappa shape index (κ3) is 1.75. The van der Waals surface area contributed by atoms with E-state index in [1.54, 1.807) is 35.2 Å². The predicted octanol–water partition coefficient (Wildman–Crippen LogP) is 4.38. The maximum Gasteiger partial charge on any atom is 0.235 e. The van der Waals surface area contributed by atoms with Crippen molar-refractivity contribution >= 4 is 45.7 Å². The summed E-state index contributed by atoms with van der Waals surface area (Å²) in [4.78, 5) is 8.34. The molecule has 0 saturated heterocycles. The summed E-state index contributed by atoms with van der Waals surface area (Å²) < 4.78 is 1.69. The van der Waals surface area contributed by atoms with E-state index in [9.17, 15) is 0 Å². The molecule has 0 aliphatic rings. The van der Waals surface area contributed by atoms with Crippen molar-refractivity contribution in [2.24, 2.45) is 0 Å². The third-order valence-corrected chi connectivity index (χ3v) is 3.64. The summed E-state index contributed by atoms with van der Waals surface area (Å²) in [7, 11) is 0. The lowest BCUT2D eigenvalue weighted by Gasteiger charge is -2.03. The van der Waals surface area contributed by atoms with Crippen LogP contribution in [0, 0.1) is 0 Å². The fraction of sp³-hybridized carbons (Fsp3) is 0. The Morgan fingerprint density at radius 1 is 1.00 bits per heavy atom. The maximum atomic E-state index is 6.23. The molecule has 0 unspecified atom stereocenters. The second kappa shape index (κ2) is 4.43. The van der Waals surface area contributed by atoms with Gasteiger partial charge < -0.3 is 0 Å². The second-order valence-corrected chi connectivity index (χ2v) is 4.82. The minimum atomic E-state index is 0.375. The summed E-state index contributed by atoms with van der Waals surface area (Å²) >= 11 is 18.4. The number of hydrogen-bond donors (Lipinski definition) is 0. The van der Waals surface area contributed by atoms with E-state index in [0.717, 1.165) is 10.9 Å². The van der Waals surface area contributed by atoms with Crippen molar-refractivity contribution in [2.45, 2.75) is 0 Å². The van der Waals surface area contributed by atoms with Gasteiger partial charge in [-0.1, -0.05) is 34.8 Å². The lowest BCUT2D eigenvalue weighted by molar-refractivity contribution is 0.963. The van der Waals surface area contributed by atoms with E-state index in [0.29, 0.717) is 21.1 Å². The molecule has 3 rings (SSSR count). The van der Waals surface area contributed by atoms with Gasteiger partial charge in [-0.15, -0.1) is 0 Å². The van der Waals surface area contributed by atoms with E-state index in [4.69, 9.17) is 34.8 Å². The summed E-state index contributed by atoms with van der Waals surface area (Å²) in [6.45, 7) is 0. The Kier molecular flexibility index (Phi) is 2.90. The number of nitrogens with zero attached hydrogens (tertiary/aromatic N) is 3. The Hall–Kier alpha value is -1.29. The van der Waals surface area contributed by atoms with Gasteiger partial charge in [0.15, 0.2) is 0 Å². The van der Waals surface area contributed by atoms with Gasteiger partial charge >= 0.3 is 0 Å². The Morgan fingerprint density at radius 3 is 2.44 bits per heavy atom. The molecular formula is C12H6Cl3N3. The normalized spacial score (nSPS) is 11.1. The van der Waals surface area contributed by atoms with Crippen molar-refractivity contribution in [3.63, 3.8) is 0 Å². The van der Waals surface area contributed by atoms with Crippen LogP contribution in [0.2, 0.25) is 15.2 Å². The van der Waals surface area contributed by atoms with E-state index >= 15 is 0 Å². The zero-order valence-electron chi connectivity index (χ0n) is 8.94. The lowest BCUT2D eigenvalue weighted by Crippen LogP contribution is -1.99. The van der Waals surface area contributed by atoms with Gasteiger partial charge in [0.2, 0.25) is 5.95 Å². The highest BCUT2D eigenvalue weighted by Crippen LogP contribution is 2.36. The van der Waals surface area contributed by atoms with Gasteiger partial charge in [0.25, 0.3) is 0 Å². The summed E-state index contributed by atoms with van der Waals surface area (Å²) in [5.74, 6) is 0.474. The first-order valence-corrected chi connectivity index (χ1v) is 6.24. The molecule has 0 fully saturated rings. The fourth-order valence-corrected chi connectivity index (χ4v) is 2.47. The lowest BCUT2D eigenvalue weighted by atomic mass is 10.2. The molecule has 0 radical (unpaired) electrons. The van der Waals surface area contributed by atoms with Crippen molar-refractivity contribution < 1.29 is 0 Å². The standard InChI is InChI=1S/C12H6Cl3N3/c13-7-2-3-9-8(6-7)10(14)11(15)18(9)12-16-4-1-5-17-12/h1-6H. The van der Waals surface area contributed by atoms with E-state index in [1.165, 1.54) is 0 Å². The highest BCUT2D eigenvalue weighted by molar-refractivity contribution is 6.46. The maximum absolute atomic E-state index is 6.23. The van der Waals surface area contributed by atoms with Crippen LogP contribution in [0.4, 0.5) is 0 Å². The van der Waals surface area contributed by atoms with Crippen LogP contribution in [0.1, 0.15) is 0 Å². The highest BCUT2D eigenvalue weighted by Gasteiger charge is 2.16. The molecule has 0 N–H and O–H groups in total. The molecule has 0 aliphatic carbocycles. The molecule has 18 heavy (non-hydrogen) atoms. The number of fused-ring (bicyclic) bond motifs is 1. The topological polar surface area (TPSA) is 30.7 Å². The van der Waals surface area contributed by atoms with Gasteiger partial charge in [-0.05, 0) is 24.3 Å². The molecule has 0 amide bonds. The summed E-state index contributed by atoms with van der Waals surface area (Å²) in [6.07, 6.45) is 3.29. The molecule has 0 saturated carbocycles. The van der Waals surface area contributed by atoms with Crippen molar-refractivity contribution in [3.8, 4) is 5.95 Å². The Bertz CT molecular complexity index is 722. The van der Waals surface area contributed by atoms with E-state index in [-0.39, 0.29) is 0 Å². The van der Waals surface area contributed by atoms with Gasteiger partial charge in [-0.25, -0.2) is 9.97 Å². The van der Waals surface area contributed by atoms with Crippen molar-refractivity contribution in [3.05, 3.63) is 51.9 Å². The van der Waals surface area contributed by atoms with Gasteiger partial charge in [0, 0.05) is 22.8 Å².